The van der Waals surface area contributed by atoms with E-state index in [4.69, 9.17) is 19.5 Å². The Morgan fingerprint density at radius 3 is 2.16 bits per heavy atom. The minimum atomic E-state index is -1.05. The number of rotatable bonds is 11. The zero-order chi connectivity index (χ0) is 22.8. The van der Waals surface area contributed by atoms with Gasteiger partial charge in [-0.2, -0.15) is 5.26 Å². The maximum atomic E-state index is 12.0. The fourth-order valence-electron chi connectivity index (χ4n) is 3.02. The van der Waals surface area contributed by atoms with Crippen LogP contribution < -0.4 is 19.5 Å². The van der Waals surface area contributed by atoms with E-state index in [0.29, 0.717) is 41.5 Å². The van der Waals surface area contributed by atoms with Crippen molar-refractivity contribution in [1.82, 2.24) is 0 Å². The topological polar surface area (TPSA) is 101 Å². The molecule has 0 amide bonds. The number of nitrogens with zero attached hydrogens (tertiary/aromatic N) is 1. The lowest BCUT2D eigenvalue weighted by Crippen LogP contribution is -2.21. The minimum Gasteiger partial charge on any atom is -0.494 e. The largest absolute Gasteiger partial charge is 0.494 e. The van der Waals surface area contributed by atoms with Gasteiger partial charge in [-0.3, -0.25) is 0 Å². The Morgan fingerprint density at radius 1 is 0.938 bits per heavy atom. The van der Waals surface area contributed by atoms with Gasteiger partial charge in [0.05, 0.1) is 18.2 Å². The predicted octanol–water partition coefficient (Wildman–Crippen LogP) is 4.65. The highest BCUT2D eigenvalue weighted by Crippen LogP contribution is 2.29. The van der Waals surface area contributed by atoms with Crippen molar-refractivity contribution < 1.29 is 24.1 Å². The van der Waals surface area contributed by atoms with Crippen LogP contribution in [0.5, 0.6) is 17.2 Å². The molecule has 0 aromatic heterocycles. The normalized spacial score (nSPS) is 11.1. The van der Waals surface area contributed by atoms with E-state index in [2.05, 4.69) is 5.32 Å². The number of anilines is 1. The SMILES string of the molecule is CCOc1cc(OCCOc2ccccc2)cc(C(Nc2ccc(C#N)cc2)C(=O)O)c1. The molecule has 7 nitrogen and oxygen atoms in total. The molecular weight excluding hydrogens is 408 g/mol. The van der Waals surface area contributed by atoms with Gasteiger partial charge in [0.2, 0.25) is 0 Å². The molecule has 3 aromatic rings. The second-order valence-corrected chi connectivity index (χ2v) is 6.79. The van der Waals surface area contributed by atoms with Crippen LogP contribution in [0.2, 0.25) is 0 Å². The number of carboxylic acid groups (broad SMARTS) is 1. The van der Waals surface area contributed by atoms with Crippen LogP contribution in [0.25, 0.3) is 0 Å². The Morgan fingerprint density at radius 2 is 1.56 bits per heavy atom. The van der Waals surface area contributed by atoms with Crippen molar-refractivity contribution in [3.63, 3.8) is 0 Å². The van der Waals surface area contributed by atoms with Gasteiger partial charge in [-0.05, 0) is 61.0 Å². The quantitative estimate of drug-likeness (QED) is 0.425. The molecule has 0 spiro atoms. The summed E-state index contributed by atoms with van der Waals surface area (Å²) in [6, 6.07) is 22.1. The van der Waals surface area contributed by atoms with Gasteiger partial charge >= 0.3 is 5.97 Å². The lowest BCUT2D eigenvalue weighted by Gasteiger charge is -2.19. The first-order chi connectivity index (χ1) is 15.6. The number of carboxylic acids is 1. The molecule has 0 saturated carbocycles. The third-order valence-corrected chi connectivity index (χ3v) is 4.48. The van der Waals surface area contributed by atoms with E-state index in [-0.39, 0.29) is 6.61 Å². The van der Waals surface area contributed by atoms with E-state index < -0.39 is 12.0 Å². The van der Waals surface area contributed by atoms with Gasteiger partial charge in [0.25, 0.3) is 0 Å². The number of hydrogen-bond acceptors (Lipinski definition) is 6. The summed E-state index contributed by atoms with van der Waals surface area (Å²) in [4.78, 5) is 12.0. The average Bonchev–Trinajstić information content (AvgIpc) is 2.81. The van der Waals surface area contributed by atoms with Gasteiger partial charge in [-0.1, -0.05) is 18.2 Å². The highest BCUT2D eigenvalue weighted by molar-refractivity contribution is 5.79. The van der Waals surface area contributed by atoms with Gasteiger partial charge in [0, 0.05) is 11.8 Å². The first kappa shape index (κ1) is 22.5. The summed E-state index contributed by atoms with van der Waals surface area (Å²) < 4.78 is 17.0. The van der Waals surface area contributed by atoms with E-state index in [1.165, 1.54) is 0 Å². The van der Waals surface area contributed by atoms with Crippen LogP contribution in [0, 0.1) is 11.3 Å². The molecule has 0 fully saturated rings. The fraction of sp³-hybridized carbons (Fsp3) is 0.200. The van der Waals surface area contributed by atoms with Gasteiger partial charge in [0.1, 0.15) is 30.5 Å². The third-order valence-electron chi connectivity index (χ3n) is 4.48. The molecular formula is C25H24N2O5. The maximum absolute atomic E-state index is 12.0. The summed E-state index contributed by atoms with van der Waals surface area (Å²) in [5, 5.41) is 21.8. The minimum absolute atomic E-state index is 0.282. The van der Waals surface area contributed by atoms with Crippen LogP contribution in [-0.4, -0.2) is 30.9 Å². The molecule has 2 N–H and O–H groups in total. The van der Waals surface area contributed by atoms with Crippen molar-refractivity contribution >= 4 is 11.7 Å². The van der Waals surface area contributed by atoms with E-state index in [0.717, 1.165) is 5.75 Å². The molecule has 0 aliphatic heterocycles. The molecule has 164 valence electrons. The first-order valence-electron chi connectivity index (χ1n) is 10.2. The Labute approximate surface area is 186 Å². The van der Waals surface area contributed by atoms with Gasteiger partial charge in [-0.15, -0.1) is 0 Å². The molecule has 3 aromatic carbocycles. The second-order valence-electron chi connectivity index (χ2n) is 6.79. The van der Waals surface area contributed by atoms with Gasteiger partial charge in [-0.25, -0.2) is 4.79 Å². The molecule has 7 heteroatoms. The number of ether oxygens (including phenoxy) is 3. The van der Waals surface area contributed by atoms with Crippen molar-refractivity contribution in [2.24, 2.45) is 0 Å². The van der Waals surface area contributed by atoms with E-state index in [1.807, 2.05) is 43.3 Å². The van der Waals surface area contributed by atoms with Crippen molar-refractivity contribution in [2.45, 2.75) is 13.0 Å². The zero-order valence-electron chi connectivity index (χ0n) is 17.7. The number of nitriles is 1. The highest BCUT2D eigenvalue weighted by Gasteiger charge is 2.21. The number of aliphatic carboxylic acids is 1. The molecule has 0 aliphatic rings. The number of para-hydroxylation sites is 1. The monoisotopic (exact) mass is 432 g/mol. The summed E-state index contributed by atoms with van der Waals surface area (Å²) >= 11 is 0. The van der Waals surface area contributed by atoms with Gasteiger partial charge in [0.15, 0.2) is 6.04 Å². The smallest absolute Gasteiger partial charge is 0.330 e. The molecule has 1 atom stereocenters. The Balaban J connectivity index is 1.74. The lowest BCUT2D eigenvalue weighted by atomic mass is 10.1. The summed E-state index contributed by atoms with van der Waals surface area (Å²) in [5.74, 6) is 0.686. The third kappa shape index (κ3) is 6.41. The van der Waals surface area contributed by atoms with Gasteiger partial charge < -0.3 is 24.6 Å². The lowest BCUT2D eigenvalue weighted by molar-refractivity contribution is -0.138. The van der Waals surface area contributed by atoms with Crippen LogP contribution in [0.3, 0.4) is 0 Å². The van der Waals surface area contributed by atoms with Crippen LogP contribution in [0.1, 0.15) is 24.1 Å². The number of carbonyl (C=O) groups is 1. The van der Waals surface area contributed by atoms with Crippen molar-refractivity contribution in [3.8, 4) is 23.3 Å². The molecule has 3 rings (SSSR count). The standard InChI is InChI=1S/C25H24N2O5/c1-2-30-22-14-19(24(25(28)29)27-20-10-8-18(17-26)9-11-20)15-23(16-22)32-13-12-31-21-6-4-3-5-7-21/h3-11,14-16,24,27H,2,12-13H2,1H3,(H,28,29). The zero-order valence-corrected chi connectivity index (χ0v) is 17.7. The summed E-state index contributed by atoms with van der Waals surface area (Å²) in [6.07, 6.45) is 0. The first-order valence-corrected chi connectivity index (χ1v) is 10.2. The van der Waals surface area contributed by atoms with Crippen LogP contribution in [0.4, 0.5) is 5.69 Å². The Kier molecular flexibility index (Phi) is 7.93. The summed E-state index contributed by atoms with van der Waals surface area (Å²) in [6.45, 7) is 2.90. The summed E-state index contributed by atoms with van der Waals surface area (Å²) in [5.41, 5.74) is 1.55. The second kappa shape index (κ2) is 11.3. The maximum Gasteiger partial charge on any atom is 0.330 e. The fourth-order valence-corrected chi connectivity index (χ4v) is 3.02. The van der Waals surface area contributed by atoms with E-state index in [9.17, 15) is 9.90 Å². The highest BCUT2D eigenvalue weighted by atomic mass is 16.5. The van der Waals surface area contributed by atoms with E-state index in [1.54, 1.807) is 42.5 Å². The number of benzene rings is 3. The Bertz CT molecular complexity index is 1060. The van der Waals surface area contributed by atoms with Crippen LogP contribution in [-0.2, 0) is 4.79 Å². The van der Waals surface area contributed by atoms with E-state index >= 15 is 0 Å². The molecule has 1 unspecified atom stereocenters. The average molecular weight is 432 g/mol. The predicted molar refractivity (Wildman–Crippen MR) is 120 cm³/mol. The van der Waals surface area contributed by atoms with Crippen LogP contribution in [0.15, 0.2) is 72.8 Å². The molecule has 0 radical (unpaired) electrons. The number of nitrogens with one attached hydrogen (secondary N) is 1. The molecule has 0 heterocycles. The molecule has 0 saturated heterocycles. The molecule has 0 bridgehead atoms. The number of hydrogen-bond donors (Lipinski definition) is 2. The van der Waals surface area contributed by atoms with Crippen molar-refractivity contribution in [1.29, 1.82) is 5.26 Å². The van der Waals surface area contributed by atoms with Crippen LogP contribution >= 0.6 is 0 Å². The van der Waals surface area contributed by atoms with Crippen molar-refractivity contribution in [2.75, 3.05) is 25.1 Å². The molecule has 32 heavy (non-hydrogen) atoms. The Hall–Kier alpha value is -4.18. The molecule has 0 aliphatic carbocycles. The van der Waals surface area contributed by atoms with Crippen molar-refractivity contribution in [3.05, 3.63) is 83.9 Å². The summed E-state index contributed by atoms with van der Waals surface area (Å²) in [7, 11) is 0.